The lowest BCUT2D eigenvalue weighted by Crippen LogP contribution is -2.43. The molecular formula is C27H25N3O3. The maximum atomic E-state index is 12.9. The standard InChI is InChI=1S/C27H25N3O3/c31-24-17-20-29(27(33)30(24)26(32)23-15-8-3-9-16-23)19-10-18-28-25(21-11-4-1-5-12-21)22-13-6-2-7-14-22/h1-9,11-17,20,25,28H,10,18-19H2. The maximum Gasteiger partial charge on any atom is 0.338 e. The van der Waals surface area contributed by atoms with Gasteiger partial charge in [0.2, 0.25) is 0 Å². The van der Waals surface area contributed by atoms with Gasteiger partial charge < -0.3 is 5.32 Å². The molecule has 0 aliphatic heterocycles. The summed E-state index contributed by atoms with van der Waals surface area (Å²) >= 11 is 0. The quantitative estimate of drug-likeness (QED) is 0.427. The first-order chi connectivity index (χ1) is 16.1. The SMILES string of the molecule is O=C(c1ccccc1)n1c(=O)ccn(CCCNC(c2ccccc2)c2ccccc2)c1=O. The van der Waals surface area contributed by atoms with Gasteiger partial charge >= 0.3 is 5.69 Å². The number of nitrogens with one attached hydrogen (secondary N) is 1. The Morgan fingerprint density at radius 1 is 0.758 bits per heavy atom. The Morgan fingerprint density at radius 3 is 1.88 bits per heavy atom. The summed E-state index contributed by atoms with van der Waals surface area (Å²) in [4.78, 5) is 37.8. The Morgan fingerprint density at radius 2 is 1.30 bits per heavy atom. The molecule has 0 saturated carbocycles. The fourth-order valence-corrected chi connectivity index (χ4v) is 3.80. The molecular weight excluding hydrogens is 414 g/mol. The monoisotopic (exact) mass is 439 g/mol. The first-order valence-electron chi connectivity index (χ1n) is 10.9. The van der Waals surface area contributed by atoms with E-state index in [4.69, 9.17) is 0 Å². The molecule has 3 aromatic carbocycles. The number of benzene rings is 3. The number of hydrogen-bond donors (Lipinski definition) is 1. The lowest BCUT2D eigenvalue weighted by molar-refractivity contribution is 0.0948. The highest BCUT2D eigenvalue weighted by Crippen LogP contribution is 2.21. The molecule has 0 aliphatic rings. The van der Waals surface area contributed by atoms with E-state index < -0.39 is 17.2 Å². The Hall–Kier alpha value is -4.03. The van der Waals surface area contributed by atoms with Crippen molar-refractivity contribution in [2.75, 3.05) is 6.54 Å². The molecule has 166 valence electrons. The molecule has 6 nitrogen and oxygen atoms in total. The second-order valence-corrected chi connectivity index (χ2v) is 7.70. The van der Waals surface area contributed by atoms with Crippen LogP contribution in [0.2, 0.25) is 0 Å². The van der Waals surface area contributed by atoms with Crippen LogP contribution in [0.15, 0.2) is 113 Å². The van der Waals surface area contributed by atoms with Crippen molar-refractivity contribution < 1.29 is 4.79 Å². The number of aromatic nitrogens is 2. The molecule has 1 heterocycles. The minimum atomic E-state index is -0.628. The summed E-state index contributed by atoms with van der Waals surface area (Å²) < 4.78 is 2.10. The first kappa shape index (κ1) is 22.2. The molecule has 1 N–H and O–H groups in total. The highest BCUT2D eigenvalue weighted by atomic mass is 16.2. The van der Waals surface area contributed by atoms with Crippen molar-refractivity contribution in [3.63, 3.8) is 0 Å². The molecule has 0 fully saturated rings. The van der Waals surface area contributed by atoms with Gasteiger partial charge in [-0.2, -0.15) is 4.57 Å². The predicted octanol–water partition coefficient (Wildman–Crippen LogP) is 3.47. The first-order valence-corrected chi connectivity index (χ1v) is 10.9. The Balaban J connectivity index is 1.47. The van der Waals surface area contributed by atoms with Crippen LogP contribution in [-0.4, -0.2) is 21.6 Å². The molecule has 33 heavy (non-hydrogen) atoms. The van der Waals surface area contributed by atoms with Crippen LogP contribution in [0.4, 0.5) is 0 Å². The van der Waals surface area contributed by atoms with Crippen LogP contribution in [0.3, 0.4) is 0 Å². The van der Waals surface area contributed by atoms with E-state index in [1.807, 2.05) is 36.4 Å². The van der Waals surface area contributed by atoms with E-state index in [9.17, 15) is 14.4 Å². The highest BCUT2D eigenvalue weighted by molar-refractivity contribution is 5.95. The van der Waals surface area contributed by atoms with Gasteiger partial charge in [-0.05, 0) is 36.2 Å². The highest BCUT2D eigenvalue weighted by Gasteiger charge is 2.16. The number of rotatable bonds is 8. The zero-order chi connectivity index (χ0) is 23.0. The van der Waals surface area contributed by atoms with Crippen LogP contribution < -0.4 is 16.6 Å². The minimum Gasteiger partial charge on any atom is -0.306 e. The van der Waals surface area contributed by atoms with Crippen molar-refractivity contribution in [1.29, 1.82) is 0 Å². The van der Waals surface area contributed by atoms with E-state index >= 15 is 0 Å². The van der Waals surface area contributed by atoms with Crippen molar-refractivity contribution in [3.8, 4) is 0 Å². The van der Waals surface area contributed by atoms with Gasteiger partial charge in [0.15, 0.2) is 0 Å². The fourth-order valence-electron chi connectivity index (χ4n) is 3.80. The van der Waals surface area contributed by atoms with Crippen LogP contribution >= 0.6 is 0 Å². The van der Waals surface area contributed by atoms with Gasteiger partial charge in [-0.1, -0.05) is 78.9 Å². The van der Waals surface area contributed by atoms with Crippen molar-refractivity contribution >= 4 is 5.91 Å². The third-order valence-electron chi connectivity index (χ3n) is 5.47. The third kappa shape index (κ3) is 5.25. The summed E-state index contributed by atoms with van der Waals surface area (Å²) in [6.07, 6.45) is 2.10. The second-order valence-electron chi connectivity index (χ2n) is 7.70. The number of nitrogens with zero attached hydrogens (tertiary/aromatic N) is 2. The molecule has 0 aliphatic carbocycles. The molecule has 0 radical (unpaired) electrons. The molecule has 1 aromatic heterocycles. The van der Waals surface area contributed by atoms with Gasteiger partial charge in [0.1, 0.15) is 0 Å². The van der Waals surface area contributed by atoms with E-state index in [0.29, 0.717) is 29.6 Å². The van der Waals surface area contributed by atoms with Crippen molar-refractivity contribution in [1.82, 2.24) is 14.5 Å². The topological polar surface area (TPSA) is 73.1 Å². The molecule has 4 rings (SSSR count). The molecule has 4 aromatic rings. The van der Waals surface area contributed by atoms with E-state index in [1.54, 1.807) is 30.3 Å². The Kier molecular flexibility index (Phi) is 7.07. The van der Waals surface area contributed by atoms with Crippen LogP contribution in [-0.2, 0) is 6.54 Å². The van der Waals surface area contributed by atoms with Crippen LogP contribution in [0.5, 0.6) is 0 Å². The van der Waals surface area contributed by atoms with Gasteiger partial charge in [-0.3, -0.25) is 14.2 Å². The average molecular weight is 440 g/mol. The summed E-state index contributed by atoms with van der Waals surface area (Å²) in [6, 6.07) is 30.0. The van der Waals surface area contributed by atoms with Gasteiger partial charge in [0.25, 0.3) is 11.5 Å². The molecule has 0 amide bonds. The normalized spacial score (nSPS) is 10.9. The maximum absolute atomic E-state index is 12.9. The molecule has 0 atom stereocenters. The van der Waals surface area contributed by atoms with Crippen LogP contribution in [0.1, 0.15) is 33.9 Å². The number of aryl methyl sites for hydroxylation is 1. The Labute approximate surface area is 191 Å². The van der Waals surface area contributed by atoms with E-state index in [2.05, 4.69) is 29.6 Å². The van der Waals surface area contributed by atoms with Gasteiger partial charge in [0.05, 0.1) is 6.04 Å². The summed E-state index contributed by atoms with van der Waals surface area (Å²) in [5, 5.41) is 3.57. The molecule has 0 spiro atoms. The lowest BCUT2D eigenvalue weighted by Gasteiger charge is -2.20. The van der Waals surface area contributed by atoms with Crippen molar-refractivity contribution in [2.45, 2.75) is 19.0 Å². The van der Waals surface area contributed by atoms with Crippen molar-refractivity contribution in [3.05, 3.63) is 141 Å². The fraction of sp³-hybridized carbons (Fsp3) is 0.148. The molecule has 0 unspecified atom stereocenters. The third-order valence-corrected chi connectivity index (χ3v) is 5.47. The number of hydrogen-bond acceptors (Lipinski definition) is 4. The summed E-state index contributed by atoms with van der Waals surface area (Å²) in [5.74, 6) is -0.619. The zero-order valence-electron chi connectivity index (χ0n) is 18.1. The van der Waals surface area contributed by atoms with Crippen LogP contribution in [0, 0.1) is 0 Å². The number of carbonyl (C=O) groups excluding carboxylic acids is 1. The number of carbonyl (C=O) groups is 1. The van der Waals surface area contributed by atoms with Gasteiger partial charge in [0, 0.05) is 24.4 Å². The lowest BCUT2D eigenvalue weighted by atomic mass is 9.99. The van der Waals surface area contributed by atoms with Crippen LogP contribution in [0.25, 0.3) is 0 Å². The summed E-state index contributed by atoms with van der Waals surface area (Å²) in [5.41, 5.74) is 1.35. The Bertz CT molecular complexity index is 1270. The molecule has 0 bridgehead atoms. The largest absolute Gasteiger partial charge is 0.338 e. The minimum absolute atomic E-state index is 0.0257. The van der Waals surface area contributed by atoms with Gasteiger partial charge in [-0.15, -0.1) is 0 Å². The second kappa shape index (κ2) is 10.5. The van der Waals surface area contributed by atoms with E-state index in [1.165, 1.54) is 16.8 Å². The van der Waals surface area contributed by atoms with Crippen molar-refractivity contribution in [2.24, 2.45) is 0 Å². The molecule has 6 heteroatoms. The summed E-state index contributed by atoms with van der Waals surface area (Å²) in [6.45, 7) is 1.02. The smallest absolute Gasteiger partial charge is 0.306 e. The molecule has 0 saturated heterocycles. The summed E-state index contributed by atoms with van der Waals surface area (Å²) in [7, 11) is 0. The van der Waals surface area contributed by atoms with Gasteiger partial charge in [-0.25, -0.2) is 4.79 Å². The van der Waals surface area contributed by atoms with E-state index in [-0.39, 0.29) is 6.04 Å². The predicted molar refractivity (Wildman–Crippen MR) is 128 cm³/mol. The zero-order valence-corrected chi connectivity index (χ0v) is 18.1. The average Bonchev–Trinajstić information content (AvgIpc) is 2.87. The van der Waals surface area contributed by atoms with E-state index in [0.717, 1.165) is 11.1 Å².